The van der Waals surface area contributed by atoms with Crippen molar-refractivity contribution in [2.24, 2.45) is 0 Å². The van der Waals surface area contributed by atoms with E-state index in [0.717, 1.165) is 15.6 Å². The second kappa shape index (κ2) is 4.94. The molecule has 0 saturated heterocycles. The summed E-state index contributed by atoms with van der Waals surface area (Å²) in [5.41, 5.74) is 9.69. The van der Waals surface area contributed by atoms with Crippen molar-refractivity contribution in [3.63, 3.8) is 0 Å². The number of benzene rings is 2. The van der Waals surface area contributed by atoms with E-state index in [1.165, 1.54) is 0 Å². The maximum absolute atomic E-state index is 12.5. The summed E-state index contributed by atoms with van der Waals surface area (Å²) in [6.07, 6.45) is 0. The van der Waals surface area contributed by atoms with Crippen molar-refractivity contribution in [3.8, 4) is 0 Å². The number of halogens is 1. The zero-order chi connectivity index (χ0) is 13.3. The molecule has 0 amide bonds. The van der Waals surface area contributed by atoms with Crippen LogP contribution in [0.4, 0.5) is 5.69 Å². The van der Waals surface area contributed by atoms with Crippen LogP contribution in [0.1, 0.15) is 27.0 Å². The molecule has 92 valence electrons. The minimum atomic E-state index is -0.0267. The lowest BCUT2D eigenvalue weighted by molar-refractivity contribution is 0.103. The lowest BCUT2D eigenvalue weighted by Gasteiger charge is -2.08. The van der Waals surface area contributed by atoms with Crippen molar-refractivity contribution in [1.29, 1.82) is 0 Å². The van der Waals surface area contributed by atoms with Crippen molar-refractivity contribution in [3.05, 3.63) is 63.1 Å². The van der Waals surface area contributed by atoms with Gasteiger partial charge in [0.25, 0.3) is 0 Å². The van der Waals surface area contributed by atoms with Crippen molar-refractivity contribution >= 4 is 27.4 Å². The molecule has 0 aliphatic carbocycles. The van der Waals surface area contributed by atoms with E-state index in [1.807, 2.05) is 38.1 Å². The van der Waals surface area contributed by atoms with Crippen LogP contribution in [0.3, 0.4) is 0 Å². The molecular formula is C15H14BrNO. The molecule has 0 radical (unpaired) electrons. The van der Waals surface area contributed by atoms with E-state index in [0.29, 0.717) is 16.8 Å². The van der Waals surface area contributed by atoms with Gasteiger partial charge in [0.1, 0.15) is 0 Å². The third-order valence-corrected chi connectivity index (χ3v) is 3.39. The molecular weight excluding hydrogens is 290 g/mol. The molecule has 2 aromatic rings. The monoisotopic (exact) mass is 303 g/mol. The average Bonchev–Trinajstić information content (AvgIpc) is 2.31. The zero-order valence-electron chi connectivity index (χ0n) is 10.3. The fourth-order valence-corrected chi connectivity index (χ4v) is 2.24. The van der Waals surface area contributed by atoms with Gasteiger partial charge in [-0.05, 0) is 43.7 Å². The second-order valence-electron chi connectivity index (χ2n) is 4.38. The number of hydrogen-bond donors (Lipinski definition) is 1. The number of rotatable bonds is 2. The van der Waals surface area contributed by atoms with Crippen LogP contribution in [0.15, 0.2) is 40.9 Å². The Morgan fingerprint density at radius 2 is 1.78 bits per heavy atom. The van der Waals surface area contributed by atoms with Gasteiger partial charge in [-0.2, -0.15) is 0 Å². The van der Waals surface area contributed by atoms with Crippen LogP contribution in [0.5, 0.6) is 0 Å². The lowest BCUT2D eigenvalue weighted by atomic mass is 9.96. The van der Waals surface area contributed by atoms with Crippen molar-refractivity contribution < 1.29 is 4.79 Å². The minimum Gasteiger partial charge on any atom is -0.398 e. The van der Waals surface area contributed by atoms with Gasteiger partial charge in [-0.3, -0.25) is 4.79 Å². The highest BCUT2D eigenvalue weighted by Gasteiger charge is 2.14. The molecule has 18 heavy (non-hydrogen) atoms. The summed E-state index contributed by atoms with van der Waals surface area (Å²) in [6, 6.07) is 11.2. The molecule has 0 fully saturated rings. The molecule has 2 nitrogen and oxygen atoms in total. The van der Waals surface area contributed by atoms with Crippen molar-refractivity contribution in [1.82, 2.24) is 0 Å². The Labute approximate surface area is 115 Å². The predicted octanol–water partition coefficient (Wildman–Crippen LogP) is 3.88. The van der Waals surface area contributed by atoms with Gasteiger partial charge < -0.3 is 5.73 Å². The highest BCUT2D eigenvalue weighted by atomic mass is 79.9. The quantitative estimate of drug-likeness (QED) is 0.676. The minimum absolute atomic E-state index is 0.0267. The zero-order valence-corrected chi connectivity index (χ0v) is 11.9. The third kappa shape index (κ3) is 2.46. The normalized spacial score (nSPS) is 10.4. The van der Waals surface area contributed by atoms with Gasteiger partial charge in [0, 0.05) is 21.3 Å². The van der Waals surface area contributed by atoms with Crippen molar-refractivity contribution in [2.45, 2.75) is 13.8 Å². The lowest BCUT2D eigenvalue weighted by Crippen LogP contribution is -2.07. The number of nitrogens with two attached hydrogens (primary N) is 1. The summed E-state index contributed by atoms with van der Waals surface area (Å²) >= 11 is 3.34. The van der Waals surface area contributed by atoms with E-state index >= 15 is 0 Å². The molecule has 2 aromatic carbocycles. The van der Waals surface area contributed by atoms with Crippen LogP contribution >= 0.6 is 15.9 Å². The summed E-state index contributed by atoms with van der Waals surface area (Å²) in [4.78, 5) is 12.5. The fraction of sp³-hybridized carbons (Fsp3) is 0.133. The SMILES string of the molecule is Cc1ccc(C)c(C(=O)c2ccc(Br)cc2N)c1. The molecule has 0 aromatic heterocycles. The number of nitrogen functional groups attached to an aromatic ring is 1. The molecule has 0 aliphatic heterocycles. The number of aryl methyl sites for hydroxylation is 2. The molecule has 2 rings (SSSR count). The summed E-state index contributed by atoms with van der Waals surface area (Å²) in [7, 11) is 0. The third-order valence-electron chi connectivity index (χ3n) is 2.90. The molecule has 0 aliphatic rings. The summed E-state index contributed by atoms with van der Waals surface area (Å²) in [5, 5.41) is 0. The maximum atomic E-state index is 12.5. The van der Waals surface area contributed by atoms with E-state index < -0.39 is 0 Å². The van der Waals surface area contributed by atoms with Crippen LogP contribution in [0, 0.1) is 13.8 Å². The Kier molecular flexibility index (Phi) is 3.53. The van der Waals surface area contributed by atoms with E-state index in [4.69, 9.17) is 5.73 Å². The fourth-order valence-electron chi connectivity index (χ4n) is 1.87. The highest BCUT2D eigenvalue weighted by Crippen LogP contribution is 2.23. The van der Waals surface area contributed by atoms with Gasteiger partial charge >= 0.3 is 0 Å². The van der Waals surface area contributed by atoms with Gasteiger partial charge in [0.15, 0.2) is 5.78 Å². The van der Waals surface area contributed by atoms with Crippen molar-refractivity contribution in [2.75, 3.05) is 5.73 Å². The molecule has 0 bridgehead atoms. The van der Waals surface area contributed by atoms with Gasteiger partial charge in [-0.25, -0.2) is 0 Å². The van der Waals surface area contributed by atoms with E-state index in [-0.39, 0.29) is 5.78 Å². The van der Waals surface area contributed by atoms with Crippen LogP contribution in [0.2, 0.25) is 0 Å². The first-order chi connectivity index (χ1) is 8.49. The summed E-state index contributed by atoms with van der Waals surface area (Å²) in [5.74, 6) is -0.0267. The van der Waals surface area contributed by atoms with Gasteiger partial charge in [-0.15, -0.1) is 0 Å². The molecule has 2 N–H and O–H groups in total. The topological polar surface area (TPSA) is 43.1 Å². The number of carbonyl (C=O) groups excluding carboxylic acids is 1. The molecule has 0 unspecified atom stereocenters. The second-order valence-corrected chi connectivity index (χ2v) is 5.29. The number of anilines is 1. The van der Waals surface area contributed by atoms with Gasteiger partial charge in [0.05, 0.1) is 0 Å². The first-order valence-corrected chi connectivity index (χ1v) is 6.45. The summed E-state index contributed by atoms with van der Waals surface area (Å²) < 4.78 is 0.873. The smallest absolute Gasteiger partial charge is 0.195 e. The van der Waals surface area contributed by atoms with Gasteiger partial charge in [0.2, 0.25) is 0 Å². The number of carbonyl (C=O) groups is 1. The van der Waals surface area contributed by atoms with Crippen LogP contribution < -0.4 is 5.73 Å². The van der Waals surface area contributed by atoms with Crippen LogP contribution in [0.25, 0.3) is 0 Å². The van der Waals surface area contributed by atoms with Gasteiger partial charge in [-0.1, -0.05) is 33.6 Å². The Morgan fingerprint density at radius 1 is 1.06 bits per heavy atom. The molecule has 3 heteroatoms. The van der Waals surface area contributed by atoms with E-state index in [2.05, 4.69) is 15.9 Å². The standard InChI is InChI=1S/C15H14BrNO/c1-9-3-4-10(2)13(7-9)15(18)12-6-5-11(16)8-14(12)17/h3-8H,17H2,1-2H3. The Balaban J connectivity index is 2.51. The largest absolute Gasteiger partial charge is 0.398 e. The molecule has 0 saturated carbocycles. The first kappa shape index (κ1) is 12.8. The molecule has 0 heterocycles. The van der Waals surface area contributed by atoms with E-state index in [1.54, 1.807) is 12.1 Å². The molecule has 0 spiro atoms. The first-order valence-electron chi connectivity index (χ1n) is 5.66. The Bertz CT molecular complexity index is 620. The highest BCUT2D eigenvalue weighted by molar-refractivity contribution is 9.10. The van der Waals surface area contributed by atoms with Crippen LogP contribution in [-0.4, -0.2) is 5.78 Å². The molecule has 0 atom stereocenters. The Hall–Kier alpha value is -1.61. The Morgan fingerprint density at radius 3 is 2.44 bits per heavy atom. The maximum Gasteiger partial charge on any atom is 0.195 e. The average molecular weight is 304 g/mol. The number of hydrogen-bond acceptors (Lipinski definition) is 2. The van der Waals surface area contributed by atoms with Crippen LogP contribution in [-0.2, 0) is 0 Å². The van der Waals surface area contributed by atoms with E-state index in [9.17, 15) is 4.79 Å². The predicted molar refractivity (Wildman–Crippen MR) is 77.9 cm³/mol. The number of ketones is 1. The summed E-state index contributed by atoms with van der Waals surface area (Å²) in [6.45, 7) is 3.91.